The molecule has 3 rings (SSSR count). The van der Waals surface area contributed by atoms with Crippen LogP contribution in [0.5, 0.6) is 0 Å². The highest BCUT2D eigenvalue weighted by Gasteiger charge is 2.47. The summed E-state index contributed by atoms with van der Waals surface area (Å²) in [5, 5.41) is 0. The first-order valence-corrected chi connectivity index (χ1v) is 9.22. The van der Waals surface area contributed by atoms with Crippen molar-refractivity contribution in [3.63, 3.8) is 0 Å². The third-order valence-corrected chi connectivity index (χ3v) is 5.28. The number of ether oxygens (including phenoxy) is 1. The Bertz CT molecular complexity index is 631. The van der Waals surface area contributed by atoms with Gasteiger partial charge in [0, 0.05) is 38.0 Å². The Morgan fingerprint density at radius 3 is 2.44 bits per heavy atom. The number of likely N-dealkylation sites (tertiary alicyclic amines) is 1. The SMILES string of the molecule is Cc1ccc(C(=O)N2CCC3(CC2)CN(CCC(C)C)C(=O)O3)cc1. The van der Waals surface area contributed by atoms with Crippen LogP contribution in [-0.4, -0.2) is 53.6 Å². The van der Waals surface area contributed by atoms with E-state index in [0.717, 1.165) is 24.1 Å². The van der Waals surface area contributed by atoms with Crippen molar-refractivity contribution >= 4 is 12.0 Å². The quantitative estimate of drug-likeness (QED) is 0.840. The lowest BCUT2D eigenvalue weighted by molar-refractivity contribution is 0.00313. The molecule has 2 saturated heterocycles. The van der Waals surface area contributed by atoms with Crippen molar-refractivity contribution in [2.45, 2.75) is 45.6 Å². The van der Waals surface area contributed by atoms with E-state index in [-0.39, 0.29) is 12.0 Å². The molecule has 1 spiro atoms. The lowest BCUT2D eigenvalue weighted by Crippen LogP contribution is -2.48. The van der Waals surface area contributed by atoms with Gasteiger partial charge in [-0.2, -0.15) is 0 Å². The van der Waals surface area contributed by atoms with E-state index in [0.29, 0.717) is 38.4 Å². The van der Waals surface area contributed by atoms with Gasteiger partial charge in [0.05, 0.1) is 6.54 Å². The van der Waals surface area contributed by atoms with Crippen LogP contribution in [0.1, 0.15) is 49.0 Å². The number of rotatable bonds is 4. The van der Waals surface area contributed by atoms with Crippen molar-refractivity contribution in [2.75, 3.05) is 26.2 Å². The van der Waals surface area contributed by atoms with Crippen LogP contribution < -0.4 is 0 Å². The summed E-state index contributed by atoms with van der Waals surface area (Å²) < 4.78 is 5.73. The monoisotopic (exact) mass is 344 g/mol. The Kier molecular flexibility index (Phi) is 5.02. The fourth-order valence-corrected chi connectivity index (χ4v) is 3.54. The van der Waals surface area contributed by atoms with E-state index in [4.69, 9.17) is 4.74 Å². The van der Waals surface area contributed by atoms with Crippen molar-refractivity contribution < 1.29 is 14.3 Å². The van der Waals surface area contributed by atoms with E-state index in [1.165, 1.54) is 0 Å². The van der Waals surface area contributed by atoms with E-state index in [2.05, 4.69) is 13.8 Å². The molecule has 5 nitrogen and oxygen atoms in total. The fraction of sp³-hybridized carbons (Fsp3) is 0.600. The number of piperidine rings is 1. The summed E-state index contributed by atoms with van der Waals surface area (Å²) in [6.45, 7) is 9.02. The topological polar surface area (TPSA) is 49.9 Å². The van der Waals surface area contributed by atoms with Crippen LogP contribution in [0.2, 0.25) is 0 Å². The van der Waals surface area contributed by atoms with Gasteiger partial charge in [0.2, 0.25) is 0 Å². The minimum Gasteiger partial charge on any atom is -0.441 e. The van der Waals surface area contributed by atoms with Crippen molar-refractivity contribution in [3.8, 4) is 0 Å². The molecule has 0 radical (unpaired) electrons. The summed E-state index contributed by atoms with van der Waals surface area (Å²) in [4.78, 5) is 28.5. The molecule has 0 bridgehead atoms. The number of hydrogen-bond donors (Lipinski definition) is 0. The molecule has 1 aromatic carbocycles. The summed E-state index contributed by atoms with van der Waals surface area (Å²) in [6, 6.07) is 7.69. The number of carbonyl (C=O) groups excluding carboxylic acids is 2. The Morgan fingerprint density at radius 2 is 1.84 bits per heavy atom. The maximum absolute atomic E-state index is 12.6. The van der Waals surface area contributed by atoms with Gasteiger partial charge in [-0.1, -0.05) is 31.5 Å². The number of hydrogen-bond acceptors (Lipinski definition) is 3. The van der Waals surface area contributed by atoms with E-state index in [1.54, 1.807) is 0 Å². The molecule has 25 heavy (non-hydrogen) atoms. The number of amides is 2. The van der Waals surface area contributed by atoms with Gasteiger partial charge in [-0.3, -0.25) is 4.79 Å². The Hall–Kier alpha value is -2.04. The molecule has 2 aliphatic rings. The zero-order chi connectivity index (χ0) is 18.0. The molecular formula is C20H28N2O3. The van der Waals surface area contributed by atoms with Crippen LogP contribution in [0.25, 0.3) is 0 Å². The lowest BCUT2D eigenvalue weighted by Gasteiger charge is -2.37. The lowest BCUT2D eigenvalue weighted by atomic mass is 9.91. The van der Waals surface area contributed by atoms with E-state index in [9.17, 15) is 9.59 Å². The van der Waals surface area contributed by atoms with Gasteiger partial charge in [-0.15, -0.1) is 0 Å². The first kappa shape index (κ1) is 17.8. The van der Waals surface area contributed by atoms with E-state index >= 15 is 0 Å². The summed E-state index contributed by atoms with van der Waals surface area (Å²) in [7, 11) is 0. The van der Waals surface area contributed by atoms with Gasteiger partial charge < -0.3 is 14.5 Å². The predicted octanol–water partition coefficient (Wildman–Crippen LogP) is 3.47. The van der Waals surface area contributed by atoms with Gasteiger partial charge in [0.25, 0.3) is 5.91 Å². The average molecular weight is 344 g/mol. The second kappa shape index (κ2) is 7.06. The first-order chi connectivity index (χ1) is 11.9. The molecule has 1 aromatic rings. The molecule has 0 aliphatic carbocycles. The van der Waals surface area contributed by atoms with Gasteiger partial charge in [-0.05, 0) is 31.4 Å². The van der Waals surface area contributed by atoms with Crippen LogP contribution in [0.15, 0.2) is 24.3 Å². The third-order valence-electron chi connectivity index (χ3n) is 5.28. The number of benzene rings is 1. The van der Waals surface area contributed by atoms with Crippen LogP contribution in [-0.2, 0) is 4.74 Å². The van der Waals surface area contributed by atoms with Crippen molar-refractivity contribution in [3.05, 3.63) is 35.4 Å². The maximum Gasteiger partial charge on any atom is 0.410 e. The van der Waals surface area contributed by atoms with Crippen molar-refractivity contribution in [1.29, 1.82) is 0 Å². The first-order valence-electron chi connectivity index (χ1n) is 9.22. The minimum atomic E-state index is -0.405. The number of nitrogens with zero attached hydrogens (tertiary/aromatic N) is 2. The van der Waals surface area contributed by atoms with Crippen molar-refractivity contribution in [2.24, 2.45) is 5.92 Å². The summed E-state index contributed by atoms with van der Waals surface area (Å²) in [5.74, 6) is 0.633. The van der Waals surface area contributed by atoms with Crippen molar-refractivity contribution in [1.82, 2.24) is 9.80 Å². The van der Waals surface area contributed by atoms with Crippen LogP contribution in [0.3, 0.4) is 0 Å². The molecule has 5 heteroatoms. The summed E-state index contributed by atoms with van der Waals surface area (Å²) in [5.41, 5.74) is 1.47. The largest absolute Gasteiger partial charge is 0.441 e. The van der Waals surface area contributed by atoms with Gasteiger partial charge in [0.15, 0.2) is 0 Å². The molecule has 0 N–H and O–H groups in total. The zero-order valence-corrected chi connectivity index (χ0v) is 15.5. The number of aryl methyl sites for hydroxylation is 1. The third kappa shape index (κ3) is 3.97. The molecule has 2 aliphatic heterocycles. The second-order valence-corrected chi connectivity index (χ2v) is 7.81. The average Bonchev–Trinajstić information content (AvgIpc) is 2.89. The highest BCUT2D eigenvalue weighted by Crippen LogP contribution is 2.34. The normalized spacial score (nSPS) is 19.6. The smallest absolute Gasteiger partial charge is 0.410 e. The second-order valence-electron chi connectivity index (χ2n) is 7.81. The molecular weight excluding hydrogens is 316 g/mol. The standard InChI is InChI=1S/C20H28N2O3/c1-15(2)8-11-22-14-20(25-19(22)24)9-12-21(13-10-20)18(23)17-6-4-16(3)5-7-17/h4-7,15H,8-14H2,1-3H3. The van der Waals surface area contributed by atoms with Crippen LogP contribution >= 0.6 is 0 Å². The molecule has 0 saturated carbocycles. The summed E-state index contributed by atoms with van der Waals surface area (Å²) in [6.07, 6.45) is 2.23. The van der Waals surface area contributed by atoms with Gasteiger partial charge >= 0.3 is 6.09 Å². The predicted molar refractivity (Wildman–Crippen MR) is 96.6 cm³/mol. The zero-order valence-electron chi connectivity index (χ0n) is 15.5. The Labute approximate surface area is 149 Å². The molecule has 136 valence electrons. The molecule has 0 atom stereocenters. The van der Waals surface area contributed by atoms with Gasteiger partial charge in [-0.25, -0.2) is 4.79 Å². The molecule has 2 heterocycles. The molecule has 0 unspecified atom stereocenters. The molecule has 2 fully saturated rings. The molecule has 0 aromatic heterocycles. The maximum atomic E-state index is 12.6. The Balaban J connectivity index is 1.57. The number of carbonyl (C=O) groups is 2. The summed E-state index contributed by atoms with van der Waals surface area (Å²) >= 11 is 0. The highest BCUT2D eigenvalue weighted by atomic mass is 16.6. The van der Waals surface area contributed by atoms with E-state index < -0.39 is 5.60 Å². The fourth-order valence-electron chi connectivity index (χ4n) is 3.54. The Morgan fingerprint density at radius 1 is 1.20 bits per heavy atom. The highest BCUT2D eigenvalue weighted by molar-refractivity contribution is 5.94. The van der Waals surface area contributed by atoms with Crippen LogP contribution in [0, 0.1) is 12.8 Å². The molecule has 2 amide bonds. The van der Waals surface area contributed by atoms with Crippen LogP contribution in [0.4, 0.5) is 4.79 Å². The minimum absolute atomic E-state index is 0.0656. The van der Waals surface area contributed by atoms with E-state index in [1.807, 2.05) is 41.0 Å². The van der Waals surface area contributed by atoms with Gasteiger partial charge in [0.1, 0.15) is 5.60 Å².